The average molecular weight is 369 g/mol. The van der Waals surface area contributed by atoms with Gasteiger partial charge in [0.15, 0.2) is 0 Å². The van der Waals surface area contributed by atoms with Gasteiger partial charge in [-0.25, -0.2) is 4.79 Å². The zero-order valence-corrected chi connectivity index (χ0v) is 14.2. The Labute approximate surface area is 149 Å². The highest BCUT2D eigenvalue weighted by Gasteiger charge is 2.18. The number of amides is 2. The Morgan fingerprint density at radius 1 is 1.08 bits per heavy atom. The zero-order chi connectivity index (χ0) is 20.3. The van der Waals surface area contributed by atoms with Crippen molar-refractivity contribution in [2.45, 2.75) is 38.3 Å². The first kappa shape index (κ1) is 22.9. The SMILES string of the molecule is CC(=O)NC(Cc1ccc(O)cc1)C(=O)O.NC(=O)CCC(N)C(=O)O. The van der Waals surface area contributed by atoms with E-state index in [2.05, 4.69) is 5.32 Å². The van der Waals surface area contributed by atoms with Gasteiger partial charge in [-0.1, -0.05) is 12.1 Å². The molecule has 144 valence electrons. The lowest BCUT2D eigenvalue weighted by atomic mass is 10.1. The first-order valence-electron chi connectivity index (χ1n) is 7.57. The van der Waals surface area contributed by atoms with Crippen LogP contribution in [0.3, 0.4) is 0 Å². The van der Waals surface area contributed by atoms with Gasteiger partial charge in [0.25, 0.3) is 0 Å². The molecule has 10 nitrogen and oxygen atoms in total. The first-order chi connectivity index (χ1) is 12.0. The molecule has 0 aliphatic rings. The molecule has 0 aliphatic heterocycles. The molecular weight excluding hydrogens is 346 g/mol. The molecule has 0 spiro atoms. The van der Waals surface area contributed by atoms with Crippen LogP contribution in [-0.4, -0.2) is 51.2 Å². The molecular formula is C16H23N3O7. The smallest absolute Gasteiger partial charge is 0.326 e. The van der Waals surface area contributed by atoms with E-state index in [9.17, 15) is 19.2 Å². The number of nitrogens with two attached hydrogens (primary N) is 2. The molecule has 0 bridgehead atoms. The minimum Gasteiger partial charge on any atom is -0.508 e. The molecule has 0 aromatic heterocycles. The van der Waals surface area contributed by atoms with E-state index in [1.165, 1.54) is 19.1 Å². The number of hydrogen-bond acceptors (Lipinski definition) is 6. The van der Waals surface area contributed by atoms with Crippen molar-refractivity contribution in [1.29, 1.82) is 0 Å². The Morgan fingerprint density at radius 3 is 2.00 bits per heavy atom. The second-order valence-corrected chi connectivity index (χ2v) is 5.41. The third-order valence-corrected chi connectivity index (χ3v) is 3.07. The predicted molar refractivity (Wildman–Crippen MR) is 91.1 cm³/mol. The van der Waals surface area contributed by atoms with Crippen molar-refractivity contribution >= 4 is 23.8 Å². The number of carbonyl (C=O) groups excluding carboxylic acids is 2. The number of aromatic hydroxyl groups is 1. The van der Waals surface area contributed by atoms with E-state index in [-0.39, 0.29) is 30.9 Å². The summed E-state index contributed by atoms with van der Waals surface area (Å²) in [6.45, 7) is 1.27. The number of phenols is 1. The van der Waals surface area contributed by atoms with Gasteiger partial charge in [-0.05, 0) is 24.1 Å². The van der Waals surface area contributed by atoms with Crippen molar-refractivity contribution in [3.05, 3.63) is 29.8 Å². The lowest BCUT2D eigenvalue weighted by molar-refractivity contribution is -0.141. The third kappa shape index (κ3) is 10.6. The highest BCUT2D eigenvalue weighted by atomic mass is 16.4. The molecule has 1 aromatic rings. The average Bonchev–Trinajstić information content (AvgIpc) is 2.53. The van der Waals surface area contributed by atoms with Crippen LogP contribution in [0.5, 0.6) is 5.75 Å². The van der Waals surface area contributed by atoms with Gasteiger partial charge in [-0.2, -0.15) is 0 Å². The highest BCUT2D eigenvalue weighted by molar-refractivity contribution is 5.82. The lowest BCUT2D eigenvalue weighted by Gasteiger charge is -2.13. The standard InChI is InChI=1S/C11H13NO4.C5H10N2O3/c1-7(13)12-10(11(15)16)6-8-2-4-9(14)5-3-8;6-3(5(9)10)1-2-4(7)8/h2-5,10,14H,6H2,1H3,(H,12,13)(H,15,16);3H,1-2,6H2,(H2,7,8)(H,9,10). The van der Waals surface area contributed by atoms with Crippen LogP contribution in [0, 0.1) is 0 Å². The molecule has 26 heavy (non-hydrogen) atoms. The van der Waals surface area contributed by atoms with Crippen molar-refractivity contribution < 1.29 is 34.5 Å². The van der Waals surface area contributed by atoms with Crippen molar-refractivity contribution in [2.75, 3.05) is 0 Å². The number of benzene rings is 1. The maximum absolute atomic E-state index is 10.8. The molecule has 8 N–H and O–H groups in total. The molecule has 2 atom stereocenters. The Bertz CT molecular complexity index is 631. The van der Waals surface area contributed by atoms with Gasteiger partial charge >= 0.3 is 11.9 Å². The number of primary amides is 1. The summed E-state index contributed by atoms with van der Waals surface area (Å²) in [6, 6.07) is 4.26. The van der Waals surface area contributed by atoms with Crippen LogP contribution in [0.4, 0.5) is 0 Å². The van der Waals surface area contributed by atoms with Gasteiger partial charge in [0.2, 0.25) is 11.8 Å². The van der Waals surface area contributed by atoms with E-state index in [1.807, 2.05) is 0 Å². The van der Waals surface area contributed by atoms with E-state index in [0.717, 1.165) is 5.56 Å². The van der Waals surface area contributed by atoms with Gasteiger partial charge < -0.3 is 32.1 Å². The first-order valence-corrected chi connectivity index (χ1v) is 7.57. The summed E-state index contributed by atoms with van der Waals surface area (Å²) in [4.78, 5) is 41.8. The van der Waals surface area contributed by atoms with Gasteiger partial charge in [-0.3, -0.25) is 14.4 Å². The fraction of sp³-hybridized carbons (Fsp3) is 0.375. The van der Waals surface area contributed by atoms with Crippen LogP contribution in [0.15, 0.2) is 24.3 Å². The molecule has 1 aromatic carbocycles. The summed E-state index contributed by atoms with van der Waals surface area (Å²) in [7, 11) is 0. The van der Waals surface area contributed by atoms with E-state index in [1.54, 1.807) is 12.1 Å². The summed E-state index contributed by atoms with van der Waals surface area (Å²) in [5.41, 5.74) is 10.5. The van der Waals surface area contributed by atoms with Crippen LogP contribution < -0.4 is 16.8 Å². The zero-order valence-electron chi connectivity index (χ0n) is 14.2. The Morgan fingerprint density at radius 2 is 1.62 bits per heavy atom. The van der Waals surface area contributed by atoms with Gasteiger partial charge in [0.05, 0.1) is 0 Å². The fourth-order valence-corrected chi connectivity index (χ4v) is 1.73. The second-order valence-electron chi connectivity index (χ2n) is 5.41. The number of carboxylic acids is 2. The number of carbonyl (C=O) groups is 4. The molecule has 0 aliphatic carbocycles. The van der Waals surface area contributed by atoms with E-state index in [4.69, 9.17) is 26.8 Å². The number of hydrogen-bond donors (Lipinski definition) is 6. The Kier molecular flexibility index (Phi) is 10.0. The summed E-state index contributed by atoms with van der Waals surface area (Å²) in [6.07, 6.45) is 0.313. The summed E-state index contributed by atoms with van der Waals surface area (Å²) < 4.78 is 0. The van der Waals surface area contributed by atoms with Crippen LogP contribution in [-0.2, 0) is 25.6 Å². The molecule has 10 heteroatoms. The van der Waals surface area contributed by atoms with Crippen LogP contribution >= 0.6 is 0 Å². The Hall–Kier alpha value is -3.14. The lowest BCUT2D eigenvalue weighted by Crippen LogP contribution is -2.41. The minimum absolute atomic E-state index is 0.0213. The van der Waals surface area contributed by atoms with Crippen molar-refractivity contribution in [3.63, 3.8) is 0 Å². The third-order valence-electron chi connectivity index (χ3n) is 3.07. The highest BCUT2D eigenvalue weighted by Crippen LogP contribution is 2.11. The summed E-state index contributed by atoms with van der Waals surface area (Å²) in [5.74, 6) is -2.98. The fourth-order valence-electron chi connectivity index (χ4n) is 1.73. The topological polar surface area (TPSA) is 193 Å². The van der Waals surface area contributed by atoms with Crippen LogP contribution in [0.1, 0.15) is 25.3 Å². The number of nitrogens with one attached hydrogen (secondary N) is 1. The quantitative estimate of drug-likeness (QED) is 0.342. The largest absolute Gasteiger partial charge is 0.508 e. The second kappa shape index (κ2) is 11.4. The van der Waals surface area contributed by atoms with E-state index >= 15 is 0 Å². The van der Waals surface area contributed by atoms with Crippen molar-refractivity contribution in [2.24, 2.45) is 11.5 Å². The maximum atomic E-state index is 10.8. The van der Waals surface area contributed by atoms with E-state index in [0.29, 0.717) is 0 Å². The molecule has 0 heterocycles. The Balaban J connectivity index is 0.000000541. The molecule has 2 unspecified atom stereocenters. The predicted octanol–water partition coefficient (Wildman–Crippen LogP) is -0.812. The molecule has 0 saturated heterocycles. The molecule has 0 saturated carbocycles. The van der Waals surface area contributed by atoms with Crippen LogP contribution in [0.2, 0.25) is 0 Å². The molecule has 0 radical (unpaired) electrons. The number of rotatable bonds is 8. The van der Waals surface area contributed by atoms with Gasteiger partial charge in [0.1, 0.15) is 17.8 Å². The van der Waals surface area contributed by atoms with Crippen molar-refractivity contribution in [3.8, 4) is 5.75 Å². The molecule has 0 fully saturated rings. The monoisotopic (exact) mass is 369 g/mol. The number of phenolic OH excluding ortho intramolecular Hbond substituents is 1. The van der Waals surface area contributed by atoms with Gasteiger partial charge in [0, 0.05) is 19.8 Å². The number of carboxylic acid groups (broad SMARTS) is 2. The van der Waals surface area contributed by atoms with Crippen LogP contribution in [0.25, 0.3) is 0 Å². The van der Waals surface area contributed by atoms with Crippen molar-refractivity contribution in [1.82, 2.24) is 5.32 Å². The normalized spacial score (nSPS) is 12.1. The minimum atomic E-state index is -1.11. The molecule has 1 rings (SSSR count). The maximum Gasteiger partial charge on any atom is 0.326 e. The summed E-state index contributed by atoms with van der Waals surface area (Å²) in [5, 5.41) is 28.5. The molecule has 2 amide bonds. The van der Waals surface area contributed by atoms with E-state index < -0.39 is 29.9 Å². The summed E-state index contributed by atoms with van der Waals surface area (Å²) >= 11 is 0. The van der Waals surface area contributed by atoms with Gasteiger partial charge in [-0.15, -0.1) is 0 Å². The number of aliphatic carboxylic acids is 2.